The minimum absolute atomic E-state index is 0.169. The van der Waals surface area contributed by atoms with Crippen molar-refractivity contribution < 1.29 is 28.5 Å². The molecule has 0 saturated carbocycles. The van der Waals surface area contributed by atoms with Crippen molar-refractivity contribution in [3.8, 4) is 5.75 Å². The van der Waals surface area contributed by atoms with E-state index >= 15 is 0 Å². The normalized spacial score (nSPS) is 15.4. The number of likely N-dealkylation sites (tertiary alicyclic amines) is 1. The predicted octanol–water partition coefficient (Wildman–Crippen LogP) is 4.78. The van der Waals surface area contributed by atoms with Crippen LogP contribution in [-0.2, 0) is 32.2 Å². The molecular formula is C29H32N2O6. The summed E-state index contributed by atoms with van der Waals surface area (Å²) < 4.78 is 23.0. The van der Waals surface area contributed by atoms with Gasteiger partial charge in [-0.1, -0.05) is 60.7 Å². The van der Waals surface area contributed by atoms with Gasteiger partial charge in [-0.3, -0.25) is 9.88 Å². The Hall–Kier alpha value is -3.75. The number of hydrogen-bond acceptors (Lipinski definition) is 7. The minimum atomic E-state index is -0.733. The van der Waals surface area contributed by atoms with Gasteiger partial charge in [0.15, 0.2) is 5.75 Å². The van der Waals surface area contributed by atoms with E-state index in [1.54, 1.807) is 18.3 Å². The summed E-state index contributed by atoms with van der Waals surface area (Å²) in [5.41, 5.74) is 2.05. The lowest BCUT2D eigenvalue weighted by atomic mass is 10.0. The van der Waals surface area contributed by atoms with Gasteiger partial charge in [0.2, 0.25) is 0 Å². The van der Waals surface area contributed by atoms with E-state index in [0.717, 1.165) is 24.0 Å². The van der Waals surface area contributed by atoms with E-state index in [0.29, 0.717) is 31.9 Å². The zero-order valence-electron chi connectivity index (χ0n) is 20.7. The molecule has 37 heavy (non-hydrogen) atoms. The standard InChI is InChI=1S/C29H32N2O6/c32-28(27-15-7-8-17-31(27)29(33)37-25-14-9-16-30-18-25)36-26(21-34-19-23-10-3-1-4-11-23)22-35-20-24-12-5-2-6-13-24/h1-6,9-14,16,18,26-27H,7-8,15,17,19-22H2. The molecule has 3 aromatic rings. The van der Waals surface area contributed by atoms with Crippen molar-refractivity contribution in [1.82, 2.24) is 9.88 Å². The number of piperidine rings is 1. The van der Waals surface area contributed by atoms with Gasteiger partial charge in [-0.05, 0) is 42.5 Å². The molecule has 1 aliphatic heterocycles. The SMILES string of the molecule is O=C(OC(COCc1ccccc1)COCc1ccccc1)C1CCCCN1C(=O)Oc1cccnc1. The lowest BCUT2D eigenvalue weighted by molar-refractivity contribution is -0.163. The summed E-state index contributed by atoms with van der Waals surface area (Å²) >= 11 is 0. The number of carbonyl (C=O) groups excluding carboxylic acids is 2. The summed E-state index contributed by atoms with van der Waals surface area (Å²) in [6, 6.07) is 22.2. The first kappa shape index (κ1) is 26.3. The number of aromatic nitrogens is 1. The molecule has 1 aliphatic rings. The minimum Gasteiger partial charge on any atom is -0.456 e. The highest BCUT2D eigenvalue weighted by molar-refractivity contribution is 5.82. The van der Waals surface area contributed by atoms with Gasteiger partial charge >= 0.3 is 12.1 Å². The van der Waals surface area contributed by atoms with Crippen molar-refractivity contribution in [2.75, 3.05) is 19.8 Å². The maximum absolute atomic E-state index is 13.2. The topological polar surface area (TPSA) is 87.2 Å². The van der Waals surface area contributed by atoms with E-state index in [-0.39, 0.29) is 13.2 Å². The molecule has 1 atom stereocenters. The summed E-state index contributed by atoms with van der Waals surface area (Å²) in [5.74, 6) is -0.161. The molecule has 0 bridgehead atoms. The number of rotatable bonds is 11. The number of carbonyl (C=O) groups is 2. The van der Waals surface area contributed by atoms with Crippen LogP contribution in [0.4, 0.5) is 4.79 Å². The van der Waals surface area contributed by atoms with E-state index < -0.39 is 24.2 Å². The molecule has 0 radical (unpaired) electrons. The van der Waals surface area contributed by atoms with Crippen molar-refractivity contribution in [3.05, 3.63) is 96.3 Å². The largest absolute Gasteiger partial charge is 0.456 e. The van der Waals surface area contributed by atoms with Crippen LogP contribution in [-0.4, -0.2) is 53.9 Å². The molecular weight excluding hydrogens is 472 g/mol. The van der Waals surface area contributed by atoms with Gasteiger partial charge in [-0.2, -0.15) is 0 Å². The molecule has 8 nitrogen and oxygen atoms in total. The highest BCUT2D eigenvalue weighted by Gasteiger charge is 2.36. The van der Waals surface area contributed by atoms with Crippen LogP contribution in [0.5, 0.6) is 5.75 Å². The molecule has 194 valence electrons. The predicted molar refractivity (Wildman–Crippen MR) is 137 cm³/mol. The second-order valence-corrected chi connectivity index (χ2v) is 8.82. The van der Waals surface area contributed by atoms with Crippen molar-refractivity contribution >= 4 is 12.1 Å². The van der Waals surface area contributed by atoms with Gasteiger partial charge in [0, 0.05) is 12.7 Å². The molecule has 1 amide bonds. The maximum atomic E-state index is 13.2. The summed E-state index contributed by atoms with van der Waals surface area (Å²) in [5, 5.41) is 0. The average molecular weight is 505 g/mol. The van der Waals surface area contributed by atoms with Crippen molar-refractivity contribution in [2.45, 2.75) is 44.6 Å². The first-order valence-corrected chi connectivity index (χ1v) is 12.5. The molecule has 2 aromatic carbocycles. The quantitative estimate of drug-likeness (QED) is 0.347. The Labute approximate surface area is 217 Å². The van der Waals surface area contributed by atoms with Crippen LogP contribution in [0.2, 0.25) is 0 Å². The fourth-order valence-corrected chi connectivity index (χ4v) is 4.09. The van der Waals surface area contributed by atoms with E-state index in [1.165, 1.54) is 11.1 Å². The summed E-state index contributed by atoms with van der Waals surface area (Å²) in [7, 11) is 0. The van der Waals surface area contributed by atoms with Crippen LogP contribution < -0.4 is 4.74 Å². The number of pyridine rings is 1. The van der Waals surface area contributed by atoms with Crippen LogP contribution in [0, 0.1) is 0 Å². The molecule has 8 heteroatoms. The van der Waals surface area contributed by atoms with E-state index in [4.69, 9.17) is 18.9 Å². The molecule has 1 fully saturated rings. The zero-order valence-corrected chi connectivity index (χ0v) is 20.7. The second-order valence-electron chi connectivity index (χ2n) is 8.82. The van der Waals surface area contributed by atoms with Gasteiger partial charge in [0.05, 0.1) is 32.6 Å². The molecule has 2 heterocycles. The van der Waals surface area contributed by atoms with Gasteiger partial charge in [-0.15, -0.1) is 0 Å². The number of hydrogen-bond donors (Lipinski definition) is 0. The van der Waals surface area contributed by atoms with Gasteiger partial charge < -0.3 is 18.9 Å². The Morgan fingerprint density at radius 1 is 0.865 bits per heavy atom. The van der Waals surface area contributed by atoms with E-state index in [9.17, 15) is 9.59 Å². The lowest BCUT2D eigenvalue weighted by Crippen LogP contribution is -2.50. The smallest absolute Gasteiger partial charge is 0.416 e. The number of ether oxygens (including phenoxy) is 4. The Bertz CT molecular complexity index is 1050. The third-order valence-corrected chi connectivity index (χ3v) is 5.96. The summed E-state index contributed by atoms with van der Waals surface area (Å²) in [4.78, 5) is 31.5. The van der Waals surface area contributed by atoms with Crippen LogP contribution in [0.1, 0.15) is 30.4 Å². The van der Waals surface area contributed by atoms with Crippen LogP contribution in [0.3, 0.4) is 0 Å². The molecule has 0 aliphatic carbocycles. The Morgan fingerprint density at radius 3 is 2.11 bits per heavy atom. The molecule has 4 rings (SSSR count). The average Bonchev–Trinajstić information content (AvgIpc) is 2.94. The molecule has 1 unspecified atom stereocenters. The van der Waals surface area contributed by atoms with E-state index in [1.807, 2.05) is 60.7 Å². The first-order valence-electron chi connectivity index (χ1n) is 12.5. The van der Waals surface area contributed by atoms with Crippen molar-refractivity contribution in [1.29, 1.82) is 0 Å². The third-order valence-electron chi connectivity index (χ3n) is 5.96. The van der Waals surface area contributed by atoms with E-state index in [2.05, 4.69) is 4.98 Å². The van der Waals surface area contributed by atoms with Gasteiger partial charge in [0.25, 0.3) is 0 Å². The summed E-state index contributed by atoms with van der Waals surface area (Å²) in [6.07, 6.45) is 3.94. The highest BCUT2D eigenvalue weighted by Crippen LogP contribution is 2.21. The third kappa shape index (κ3) is 8.41. The Kier molecular flexibility index (Phi) is 10.0. The second kappa shape index (κ2) is 14.1. The van der Waals surface area contributed by atoms with Crippen molar-refractivity contribution in [2.24, 2.45) is 0 Å². The molecule has 0 N–H and O–H groups in total. The van der Waals surface area contributed by atoms with Gasteiger partial charge in [-0.25, -0.2) is 9.59 Å². The Morgan fingerprint density at radius 2 is 1.51 bits per heavy atom. The Balaban J connectivity index is 1.36. The highest BCUT2D eigenvalue weighted by atomic mass is 16.6. The lowest BCUT2D eigenvalue weighted by Gasteiger charge is -2.34. The van der Waals surface area contributed by atoms with Crippen LogP contribution >= 0.6 is 0 Å². The first-order chi connectivity index (χ1) is 18.2. The number of nitrogens with zero attached hydrogens (tertiary/aromatic N) is 2. The fraction of sp³-hybridized carbons (Fsp3) is 0.345. The van der Waals surface area contributed by atoms with Gasteiger partial charge in [0.1, 0.15) is 12.1 Å². The van der Waals surface area contributed by atoms with Crippen LogP contribution in [0.15, 0.2) is 85.2 Å². The fourth-order valence-electron chi connectivity index (χ4n) is 4.09. The molecule has 1 aromatic heterocycles. The molecule has 0 spiro atoms. The van der Waals surface area contributed by atoms with Crippen LogP contribution in [0.25, 0.3) is 0 Å². The number of amides is 1. The number of esters is 1. The van der Waals surface area contributed by atoms with Crippen molar-refractivity contribution in [3.63, 3.8) is 0 Å². The maximum Gasteiger partial charge on any atom is 0.416 e. The zero-order chi connectivity index (χ0) is 25.7. The molecule has 1 saturated heterocycles. The summed E-state index contributed by atoms with van der Waals surface area (Å²) in [6.45, 7) is 1.53. The number of benzene rings is 2. The monoisotopic (exact) mass is 504 g/mol.